The first-order valence-electron chi connectivity index (χ1n) is 10.1. The van der Waals surface area contributed by atoms with Crippen LogP contribution in [0.1, 0.15) is 41.5 Å². The molecule has 0 unspecified atom stereocenters. The van der Waals surface area contributed by atoms with Crippen molar-refractivity contribution in [2.45, 2.75) is 78.5 Å². The minimum atomic E-state index is -1.67. The maximum absolute atomic E-state index is 11.8. The number of Topliss-reactive ketones (excluding diaryl/α,β-unsaturated/α-hetero) is 1. The number of ether oxygens (including phenoxy) is 7. The Morgan fingerprint density at radius 1 is 0.735 bits per heavy atom. The zero-order valence-corrected chi connectivity index (χ0v) is 19.7. The number of carbonyl (C=O) groups excluding carboxylic acids is 6. The third kappa shape index (κ3) is 8.90. The van der Waals surface area contributed by atoms with Gasteiger partial charge in [-0.25, -0.2) is 0 Å². The van der Waals surface area contributed by atoms with Gasteiger partial charge in [0, 0.05) is 34.6 Å². The lowest BCUT2D eigenvalue weighted by Crippen LogP contribution is -2.63. The van der Waals surface area contributed by atoms with Crippen molar-refractivity contribution in [2.24, 2.45) is 0 Å². The van der Waals surface area contributed by atoms with Gasteiger partial charge in [-0.1, -0.05) is 6.58 Å². The van der Waals surface area contributed by atoms with Crippen LogP contribution in [0.15, 0.2) is 12.2 Å². The summed E-state index contributed by atoms with van der Waals surface area (Å²) in [5.74, 6) is -4.61. The van der Waals surface area contributed by atoms with Gasteiger partial charge in [-0.05, 0) is 6.92 Å². The van der Waals surface area contributed by atoms with Gasteiger partial charge in [0.2, 0.25) is 12.6 Å². The second-order valence-corrected chi connectivity index (χ2v) is 7.23. The Morgan fingerprint density at radius 3 is 1.68 bits per heavy atom. The SMILES string of the molecule is C=C(C(C)=O)[C@H](OC(C)=O)O[C@@H]1O[C@H](COC(C)=O)[C@@H](OC(C)=O)[C@H](OC(C)=O)[C@H]1OC(C)=O. The Morgan fingerprint density at radius 2 is 1.24 bits per heavy atom. The Balaban J connectivity index is 3.49. The highest BCUT2D eigenvalue weighted by molar-refractivity contribution is 5.93. The lowest BCUT2D eigenvalue weighted by molar-refractivity contribution is -0.330. The lowest BCUT2D eigenvalue weighted by Gasteiger charge is -2.44. The predicted octanol–water partition coefficient (Wildman–Crippen LogP) is 0.121. The van der Waals surface area contributed by atoms with Gasteiger partial charge in [-0.3, -0.25) is 28.8 Å². The van der Waals surface area contributed by atoms with Crippen molar-refractivity contribution < 1.29 is 61.9 Å². The molecule has 6 atom stereocenters. The molecule has 34 heavy (non-hydrogen) atoms. The number of esters is 5. The van der Waals surface area contributed by atoms with Gasteiger partial charge < -0.3 is 33.2 Å². The molecule has 0 N–H and O–H groups in total. The van der Waals surface area contributed by atoms with Crippen LogP contribution < -0.4 is 0 Å². The minimum absolute atomic E-state index is 0.275. The van der Waals surface area contributed by atoms with Gasteiger partial charge in [-0.2, -0.15) is 0 Å². The average Bonchev–Trinajstić information content (AvgIpc) is 2.68. The maximum Gasteiger partial charge on any atom is 0.305 e. The number of rotatable bonds is 10. The van der Waals surface area contributed by atoms with E-state index in [0.717, 1.165) is 41.5 Å². The quantitative estimate of drug-likeness (QED) is 0.176. The van der Waals surface area contributed by atoms with Gasteiger partial charge in [0.15, 0.2) is 24.1 Å². The molecule has 1 fully saturated rings. The maximum atomic E-state index is 11.8. The molecule has 0 bridgehead atoms. The average molecular weight is 488 g/mol. The van der Waals surface area contributed by atoms with Gasteiger partial charge in [0.25, 0.3) is 0 Å². The fourth-order valence-corrected chi connectivity index (χ4v) is 2.92. The molecule has 0 amide bonds. The molecule has 0 radical (unpaired) electrons. The first-order valence-corrected chi connectivity index (χ1v) is 10.1. The molecule has 1 aliphatic heterocycles. The Labute approximate surface area is 195 Å². The van der Waals surface area contributed by atoms with Gasteiger partial charge in [0.1, 0.15) is 12.7 Å². The van der Waals surface area contributed by atoms with E-state index >= 15 is 0 Å². The second-order valence-electron chi connectivity index (χ2n) is 7.23. The standard InChI is InChI=1S/C21H28O13/c1-9(10(2)22)20(32-15(7)27)34-21-19(31-14(6)26)18(30-13(5)25)17(29-12(4)24)16(33-21)8-28-11(3)23/h16-21H,1,8H2,2-7H3/t16-,17-,18+,19-,20-,21+/m1/s1. The van der Waals surface area contributed by atoms with E-state index in [4.69, 9.17) is 33.2 Å². The van der Waals surface area contributed by atoms with Crippen LogP contribution in [0.5, 0.6) is 0 Å². The molecular weight excluding hydrogens is 460 g/mol. The van der Waals surface area contributed by atoms with Crippen molar-refractivity contribution in [2.75, 3.05) is 6.61 Å². The highest BCUT2D eigenvalue weighted by Crippen LogP contribution is 2.31. The molecule has 1 heterocycles. The zero-order valence-electron chi connectivity index (χ0n) is 19.7. The highest BCUT2D eigenvalue weighted by Gasteiger charge is 2.53. The fourth-order valence-electron chi connectivity index (χ4n) is 2.92. The van der Waals surface area contributed by atoms with Crippen LogP contribution in [-0.4, -0.2) is 79.2 Å². The van der Waals surface area contributed by atoms with E-state index in [1.54, 1.807) is 0 Å². The van der Waals surface area contributed by atoms with Gasteiger partial charge in [0.05, 0.1) is 5.57 Å². The first kappa shape index (κ1) is 28.7. The molecule has 0 aliphatic carbocycles. The molecule has 0 aromatic rings. The Hall–Kier alpha value is -3.32. The van der Waals surface area contributed by atoms with Crippen LogP contribution in [0, 0.1) is 0 Å². The summed E-state index contributed by atoms with van der Waals surface area (Å²) in [4.78, 5) is 70.1. The van der Waals surface area contributed by atoms with E-state index in [1.807, 2.05) is 0 Å². The fraction of sp³-hybridized carbons (Fsp3) is 0.619. The summed E-state index contributed by atoms with van der Waals surface area (Å²) in [7, 11) is 0. The summed E-state index contributed by atoms with van der Waals surface area (Å²) >= 11 is 0. The van der Waals surface area contributed by atoms with E-state index in [2.05, 4.69) is 6.58 Å². The van der Waals surface area contributed by atoms with Crippen LogP contribution in [-0.2, 0) is 61.9 Å². The van der Waals surface area contributed by atoms with Crippen molar-refractivity contribution in [3.05, 3.63) is 12.2 Å². The summed E-state index contributed by atoms with van der Waals surface area (Å²) in [5.41, 5.74) is -0.275. The third-order valence-corrected chi connectivity index (χ3v) is 4.22. The van der Waals surface area contributed by atoms with Crippen molar-refractivity contribution in [3.63, 3.8) is 0 Å². The molecule has 0 aromatic carbocycles. The number of hydrogen-bond donors (Lipinski definition) is 0. The van der Waals surface area contributed by atoms with E-state index < -0.39 is 79.2 Å². The molecule has 0 spiro atoms. The number of ketones is 1. The lowest BCUT2D eigenvalue weighted by atomic mass is 9.98. The smallest absolute Gasteiger partial charge is 0.305 e. The van der Waals surface area contributed by atoms with Crippen molar-refractivity contribution in [1.29, 1.82) is 0 Å². The highest BCUT2D eigenvalue weighted by atomic mass is 16.8. The Kier molecular flexibility index (Phi) is 10.8. The van der Waals surface area contributed by atoms with Gasteiger partial charge >= 0.3 is 29.8 Å². The van der Waals surface area contributed by atoms with E-state index in [0.29, 0.717) is 0 Å². The van der Waals surface area contributed by atoms with Crippen LogP contribution in [0.25, 0.3) is 0 Å². The first-order chi connectivity index (χ1) is 15.7. The van der Waals surface area contributed by atoms with Crippen LogP contribution in [0.4, 0.5) is 0 Å². The number of carbonyl (C=O) groups is 6. The summed E-state index contributed by atoms with van der Waals surface area (Å²) in [6.45, 7) is 9.54. The van der Waals surface area contributed by atoms with Crippen molar-refractivity contribution in [1.82, 2.24) is 0 Å². The van der Waals surface area contributed by atoms with Crippen molar-refractivity contribution >= 4 is 35.6 Å². The van der Waals surface area contributed by atoms with Crippen LogP contribution in [0.3, 0.4) is 0 Å². The number of hydrogen-bond acceptors (Lipinski definition) is 13. The second kappa shape index (κ2) is 12.8. The molecule has 0 saturated carbocycles. The molecule has 1 rings (SSSR count). The monoisotopic (exact) mass is 488 g/mol. The van der Waals surface area contributed by atoms with Crippen molar-refractivity contribution in [3.8, 4) is 0 Å². The van der Waals surface area contributed by atoms with E-state index in [-0.39, 0.29) is 5.57 Å². The summed E-state index contributed by atoms with van der Waals surface area (Å²) in [5, 5.41) is 0. The summed E-state index contributed by atoms with van der Waals surface area (Å²) < 4.78 is 37.0. The third-order valence-electron chi connectivity index (χ3n) is 4.22. The summed E-state index contributed by atoms with van der Waals surface area (Å²) in [6.07, 6.45) is -9.05. The molecule has 190 valence electrons. The normalized spacial score (nSPS) is 24.7. The van der Waals surface area contributed by atoms with E-state index in [9.17, 15) is 28.8 Å². The topological polar surface area (TPSA) is 167 Å². The predicted molar refractivity (Wildman–Crippen MR) is 108 cm³/mol. The Bertz CT molecular complexity index is 833. The summed E-state index contributed by atoms with van der Waals surface area (Å²) in [6, 6.07) is 0. The van der Waals surface area contributed by atoms with Crippen LogP contribution in [0.2, 0.25) is 0 Å². The molecular formula is C21H28O13. The molecule has 1 aliphatic rings. The largest absolute Gasteiger partial charge is 0.463 e. The van der Waals surface area contributed by atoms with Crippen LogP contribution >= 0.6 is 0 Å². The zero-order chi connectivity index (χ0) is 26.2. The van der Waals surface area contributed by atoms with E-state index in [1.165, 1.54) is 0 Å². The molecule has 13 nitrogen and oxygen atoms in total. The molecule has 0 aromatic heterocycles. The van der Waals surface area contributed by atoms with Gasteiger partial charge in [-0.15, -0.1) is 0 Å². The minimum Gasteiger partial charge on any atom is -0.463 e. The molecule has 13 heteroatoms. The molecule has 1 saturated heterocycles.